The fourth-order valence-corrected chi connectivity index (χ4v) is 23.4. The summed E-state index contributed by atoms with van der Waals surface area (Å²) in [4.78, 5) is 114. The molecule has 0 saturated heterocycles. The van der Waals surface area contributed by atoms with Gasteiger partial charge in [-0.25, -0.2) is 0 Å². The van der Waals surface area contributed by atoms with E-state index >= 15 is 0 Å². The number of aldehydes is 1. The van der Waals surface area contributed by atoms with Gasteiger partial charge in [-0.05, 0) is 195 Å². The standard InChI is InChI=1S/C110H186N4O8/c1-11-18-23-27-39-51-68-94-90(64-47-25-20-13-3)73-75-92(96(94)70-53-41-31-35-45-60-83-111(10)103(117)72-62-85-115)66-49-37-29-33-43-57-79-109(9,80-59-55-63-89(8)16-6)114-107(121)100-86-98-99(87-101(100)108(114)122)106(120)112(88-102(98)116)84-61-46-36-32-42-54-71-97-93(76-74-91(65-48-26-21-14-4)95(97)69-52-40-28-24-19-12-2)67-50-38-30-34-44-58-82-110(17-7,81-56-22-15-5)113-104(118)77-78-105(113)119/h16,62,72,77-78,85-87,90-97H,11-15,17-61,63-71,73-76,79-84,88H2,1-10H3/b72-62-,89-16+. The SMILES string of the molecule is C/C=C(\C)CCCCC(C)(CCCCCCCCC1CCC(CCCCCC)C(CCCCCCCC)C1CCCCCCCCN(C)C(=O)/C=C\C=O)N1C(=O)c2cc3c(cc2C1=O)C(=O)N(CCCCCCCCC1C(CCCCCCCCC(CC)(CCCCC)N2C(=O)C=CC2=O)CCC(CCCCCC)C1CCCCCCCC)CC3=O. The van der Waals surface area contributed by atoms with Crippen molar-refractivity contribution in [2.45, 2.75) is 504 Å². The lowest BCUT2D eigenvalue weighted by atomic mass is 9.61. The lowest BCUT2D eigenvalue weighted by molar-refractivity contribution is -0.145. The summed E-state index contributed by atoms with van der Waals surface area (Å²) in [7, 11) is 1.83. The number of hydrogen-bond donors (Lipinski definition) is 0. The summed E-state index contributed by atoms with van der Waals surface area (Å²) < 4.78 is 0. The van der Waals surface area contributed by atoms with Crippen molar-refractivity contribution in [2.24, 2.45) is 47.3 Å². The summed E-state index contributed by atoms with van der Waals surface area (Å²) in [6.45, 7) is 21.4. The normalized spacial score (nSPS) is 21.1. The van der Waals surface area contributed by atoms with Crippen LogP contribution < -0.4 is 0 Å². The number of likely N-dealkylation sites (N-methyl/N-ethyl adjacent to an activating group) is 1. The van der Waals surface area contributed by atoms with E-state index < -0.39 is 5.54 Å². The molecule has 3 heterocycles. The predicted molar refractivity (Wildman–Crippen MR) is 513 cm³/mol. The molecule has 2 fully saturated rings. The molecule has 2 aliphatic carbocycles. The Labute approximate surface area is 749 Å². The highest BCUT2D eigenvalue weighted by Crippen LogP contribution is 2.51. The molecule has 6 rings (SSSR count). The van der Waals surface area contributed by atoms with Crippen molar-refractivity contribution in [3.8, 4) is 0 Å². The number of ketones is 1. The van der Waals surface area contributed by atoms with E-state index in [2.05, 4.69) is 68.4 Å². The van der Waals surface area contributed by atoms with Crippen molar-refractivity contribution in [3.05, 3.63) is 70.3 Å². The maximum atomic E-state index is 15.0. The van der Waals surface area contributed by atoms with E-state index in [9.17, 15) is 38.4 Å². The monoisotopic (exact) mass is 1690 g/mol. The fraction of sp³-hybridized carbons (Fsp3) is 0.818. The van der Waals surface area contributed by atoms with Gasteiger partial charge in [-0.2, -0.15) is 0 Å². The number of carbonyl (C=O) groups is 8. The third kappa shape index (κ3) is 36.3. The number of carbonyl (C=O) groups excluding carboxylic acids is 8. The highest BCUT2D eigenvalue weighted by molar-refractivity contribution is 6.25. The Hall–Kier alpha value is -5.00. The van der Waals surface area contributed by atoms with Gasteiger partial charge in [0.1, 0.15) is 6.29 Å². The van der Waals surface area contributed by atoms with Gasteiger partial charge in [0, 0.05) is 49.5 Å². The van der Waals surface area contributed by atoms with Crippen LogP contribution in [0.2, 0.25) is 0 Å². The van der Waals surface area contributed by atoms with Crippen LogP contribution in [0, 0.1) is 47.3 Å². The fourth-order valence-electron chi connectivity index (χ4n) is 23.4. The van der Waals surface area contributed by atoms with E-state index in [1.807, 2.05) is 7.05 Å². The largest absolute Gasteiger partial charge is 0.342 e. The molecule has 0 aromatic heterocycles. The molecule has 0 N–H and O–H groups in total. The molecular weight excluding hydrogens is 1510 g/mol. The van der Waals surface area contributed by atoms with Gasteiger partial charge >= 0.3 is 0 Å². The number of fused-ring (bicyclic) bond motifs is 2. The Morgan fingerprint density at radius 1 is 0.402 bits per heavy atom. The molecule has 5 aliphatic rings. The van der Waals surface area contributed by atoms with E-state index in [1.54, 1.807) is 31.7 Å². The minimum Gasteiger partial charge on any atom is -0.342 e. The van der Waals surface area contributed by atoms with Crippen LogP contribution in [0.25, 0.3) is 0 Å². The molecule has 0 radical (unpaired) electrons. The summed E-state index contributed by atoms with van der Waals surface area (Å²) >= 11 is 0. The van der Waals surface area contributed by atoms with Gasteiger partial charge in [-0.15, -0.1) is 0 Å². The molecule has 12 heteroatoms. The Morgan fingerprint density at radius 3 is 1.13 bits per heavy atom. The Bertz CT molecular complexity index is 3200. The van der Waals surface area contributed by atoms with E-state index in [0.29, 0.717) is 19.3 Å². The molecule has 12 nitrogen and oxygen atoms in total. The Balaban J connectivity index is 1.01. The van der Waals surface area contributed by atoms with Crippen molar-refractivity contribution in [3.63, 3.8) is 0 Å². The van der Waals surface area contributed by atoms with Crippen LogP contribution in [0.1, 0.15) is 534 Å². The van der Waals surface area contributed by atoms with E-state index in [0.717, 1.165) is 182 Å². The summed E-state index contributed by atoms with van der Waals surface area (Å²) in [6.07, 6.45) is 90.7. The van der Waals surface area contributed by atoms with Gasteiger partial charge in [0.2, 0.25) is 5.91 Å². The Morgan fingerprint density at radius 2 is 0.730 bits per heavy atom. The number of hydrogen-bond acceptors (Lipinski definition) is 8. The summed E-state index contributed by atoms with van der Waals surface area (Å²) in [6, 6.07) is 3.22. The van der Waals surface area contributed by atoms with Gasteiger partial charge in [-0.1, -0.05) is 374 Å². The topological polar surface area (TPSA) is 150 Å². The number of nitrogens with zero attached hydrogens (tertiary/aromatic N) is 4. The van der Waals surface area contributed by atoms with E-state index in [1.165, 1.54) is 325 Å². The number of allylic oxidation sites excluding steroid dienone is 3. The molecule has 1 aromatic rings. The van der Waals surface area contributed by atoms with Crippen LogP contribution in [-0.4, -0.2) is 105 Å². The van der Waals surface area contributed by atoms with Gasteiger partial charge in [-0.3, -0.25) is 48.2 Å². The molecule has 3 aliphatic heterocycles. The summed E-state index contributed by atoms with van der Waals surface area (Å²) in [5.74, 6) is 5.40. The summed E-state index contributed by atoms with van der Waals surface area (Å²) in [5, 5.41) is 0. The van der Waals surface area contributed by atoms with Crippen LogP contribution in [0.4, 0.5) is 0 Å². The zero-order chi connectivity index (χ0) is 88.0. The van der Waals surface area contributed by atoms with Crippen molar-refractivity contribution in [1.29, 1.82) is 0 Å². The first-order valence-electron chi connectivity index (χ1n) is 52.9. The average molecular weight is 1690 g/mol. The van der Waals surface area contributed by atoms with Crippen molar-refractivity contribution in [2.75, 3.05) is 26.7 Å². The Kier molecular flexibility index (Phi) is 54.0. The number of Topliss-reactive ketones (excluding diaryl/α,β-unsaturated/α-hetero) is 1. The smallest absolute Gasteiger partial charge is 0.262 e. The first kappa shape index (κ1) is 106. The van der Waals surface area contributed by atoms with E-state index in [-0.39, 0.29) is 75.6 Å². The molecule has 10 unspecified atom stereocenters. The van der Waals surface area contributed by atoms with Crippen molar-refractivity contribution in [1.82, 2.24) is 19.6 Å². The average Bonchev–Trinajstić information content (AvgIpc) is 1.58. The number of amides is 6. The number of benzene rings is 1. The highest BCUT2D eigenvalue weighted by Gasteiger charge is 2.49. The van der Waals surface area contributed by atoms with Crippen LogP contribution in [0.15, 0.2) is 48.1 Å². The first-order valence-corrected chi connectivity index (χ1v) is 52.9. The molecule has 10 atom stereocenters. The molecule has 694 valence electrons. The lowest BCUT2D eigenvalue weighted by Gasteiger charge is -2.44. The molecule has 1 aromatic carbocycles. The second kappa shape index (κ2) is 62.2. The third-order valence-electron chi connectivity index (χ3n) is 31.1. The predicted octanol–water partition coefficient (Wildman–Crippen LogP) is 30.7. The zero-order valence-electron chi connectivity index (χ0n) is 80.8. The molecule has 2 saturated carbocycles. The van der Waals surface area contributed by atoms with Crippen LogP contribution in [0.3, 0.4) is 0 Å². The quantitative estimate of drug-likeness (QED) is 0.0206. The minimum atomic E-state index is -0.699. The van der Waals surface area contributed by atoms with Crippen LogP contribution >= 0.6 is 0 Å². The highest BCUT2D eigenvalue weighted by atomic mass is 16.2. The molecule has 6 amide bonds. The minimum absolute atomic E-state index is 0.00533. The number of unbranched alkanes of at least 4 members (excludes halogenated alkanes) is 39. The number of imide groups is 2. The van der Waals surface area contributed by atoms with Crippen LogP contribution in [0.5, 0.6) is 0 Å². The molecule has 0 bridgehead atoms. The maximum Gasteiger partial charge on any atom is 0.262 e. The van der Waals surface area contributed by atoms with Crippen molar-refractivity contribution >= 4 is 47.5 Å². The van der Waals surface area contributed by atoms with Gasteiger partial charge in [0.05, 0.1) is 28.8 Å². The van der Waals surface area contributed by atoms with Crippen molar-refractivity contribution < 1.29 is 38.4 Å². The number of rotatable bonds is 74. The summed E-state index contributed by atoms with van der Waals surface area (Å²) in [5.41, 5.74) is 1.40. The van der Waals surface area contributed by atoms with Crippen LogP contribution in [-0.2, 0) is 19.2 Å². The molecular formula is C110H186N4O8. The third-order valence-corrected chi connectivity index (χ3v) is 31.1. The molecule has 122 heavy (non-hydrogen) atoms. The van der Waals surface area contributed by atoms with Gasteiger partial charge in [0.25, 0.3) is 29.5 Å². The van der Waals surface area contributed by atoms with Gasteiger partial charge in [0.15, 0.2) is 5.78 Å². The first-order chi connectivity index (χ1) is 59.4. The maximum absolute atomic E-state index is 15.0. The van der Waals surface area contributed by atoms with Gasteiger partial charge < -0.3 is 9.80 Å². The lowest BCUT2D eigenvalue weighted by Crippen LogP contribution is -2.51. The second-order valence-corrected chi connectivity index (χ2v) is 40.3. The van der Waals surface area contributed by atoms with E-state index in [4.69, 9.17) is 0 Å². The second-order valence-electron chi connectivity index (χ2n) is 40.3. The molecule has 0 spiro atoms. The zero-order valence-corrected chi connectivity index (χ0v) is 80.8.